The summed E-state index contributed by atoms with van der Waals surface area (Å²) in [5.74, 6) is -0.889. The molecule has 31 heavy (non-hydrogen) atoms. The molecule has 7 heteroatoms. The predicted octanol–water partition coefficient (Wildman–Crippen LogP) is 5.93. The Labute approximate surface area is 184 Å². The van der Waals surface area contributed by atoms with E-state index in [4.69, 9.17) is 9.15 Å². The summed E-state index contributed by atoms with van der Waals surface area (Å²) < 4.78 is 24.3. The lowest BCUT2D eigenvalue weighted by Gasteiger charge is -2.20. The van der Waals surface area contributed by atoms with Gasteiger partial charge in [-0.1, -0.05) is 43.5 Å². The zero-order valence-corrected chi connectivity index (χ0v) is 17.9. The van der Waals surface area contributed by atoms with Gasteiger partial charge < -0.3 is 14.5 Å². The second-order valence-corrected chi connectivity index (χ2v) is 8.90. The van der Waals surface area contributed by atoms with Crippen LogP contribution in [-0.2, 0) is 15.3 Å². The molecule has 2 aromatic carbocycles. The third-order valence-corrected chi connectivity index (χ3v) is 6.74. The number of fused-ring (bicyclic) bond motifs is 1. The molecular formula is C24H24FNO4S. The van der Waals surface area contributed by atoms with Crippen LogP contribution in [0.25, 0.3) is 11.0 Å². The topological polar surface area (TPSA) is 68.5 Å². The van der Waals surface area contributed by atoms with Gasteiger partial charge in [-0.15, -0.1) is 0 Å². The molecule has 1 heterocycles. The first kappa shape index (κ1) is 21.4. The fourth-order valence-electron chi connectivity index (χ4n) is 3.80. The molecule has 1 aromatic heterocycles. The van der Waals surface area contributed by atoms with Gasteiger partial charge in [-0.2, -0.15) is 11.8 Å². The molecule has 1 fully saturated rings. The number of para-hydroxylation sites is 1. The van der Waals surface area contributed by atoms with Crippen molar-refractivity contribution in [2.75, 3.05) is 11.9 Å². The van der Waals surface area contributed by atoms with Crippen molar-refractivity contribution in [1.29, 1.82) is 0 Å². The van der Waals surface area contributed by atoms with Gasteiger partial charge >= 0.3 is 5.97 Å². The van der Waals surface area contributed by atoms with Crippen LogP contribution in [0.15, 0.2) is 52.9 Å². The number of nitrogens with one attached hydrogen (secondary N) is 1. The normalized spacial score (nSPS) is 14.5. The fraction of sp³-hybridized carbons (Fsp3) is 0.333. The molecule has 0 saturated heterocycles. The van der Waals surface area contributed by atoms with Crippen molar-refractivity contribution in [1.82, 2.24) is 0 Å². The standard InChI is InChI=1S/C24H24FNO4S/c25-16-7-6-8-17(13-16)26-22(27)14-29-24(28)23-20(15-31-18-9-2-1-3-10-18)19-11-4-5-12-21(19)30-23/h4-8,11-13,18H,1-3,9-10,14-15H2,(H,26,27). The van der Waals surface area contributed by atoms with Gasteiger partial charge in [0.05, 0.1) is 0 Å². The summed E-state index contributed by atoms with van der Waals surface area (Å²) in [6.45, 7) is -0.485. The Morgan fingerprint density at radius 3 is 2.71 bits per heavy atom. The molecule has 162 valence electrons. The Bertz CT molecular complexity index is 1070. The molecule has 3 aromatic rings. The zero-order chi connectivity index (χ0) is 21.6. The van der Waals surface area contributed by atoms with E-state index in [9.17, 15) is 14.0 Å². The number of anilines is 1. The largest absolute Gasteiger partial charge is 0.450 e. The smallest absolute Gasteiger partial charge is 0.375 e. The van der Waals surface area contributed by atoms with Crippen molar-refractivity contribution < 1.29 is 23.1 Å². The van der Waals surface area contributed by atoms with Gasteiger partial charge in [-0.25, -0.2) is 9.18 Å². The van der Waals surface area contributed by atoms with E-state index in [1.54, 1.807) is 6.07 Å². The van der Waals surface area contributed by atoms with Crippen molar-refractivity contribution in [3.05, 3.63) is 65.7 Å². The van der Waals surface area contributed by atoms with Crippen LogP contribution in [0.2, 0.25) is 0 Å². The van der Waals surface area contributed by atoms with Crippen molar-refractivity contribution in [2.45, 2.75) is 43.1 Å². The Hall–Kier alpha value is -2.80. The number of thioether (sulfide) groups is 1. The highest BCUT2D eigenvalue weighted by atomic mass is 32.2. The van der Waals surface area contributed by atoms with E-state index in [1.807, 2.05) is 36.0 Å². The lowest BCUT2D eigenvalue weighted by molar-refractivity contribution is -0.119. The predicted molar refractivity (Wildman–Crippen MR) is 120 cm³/mol. The van der Waals surface area contributed by atoms with Crippen LogP contribution >= 0.6 is 11.8 Å². The molecule has 0 bridgehead atoms. The third-order valence-electron chi connectivity index (χ3n) is 5.34. The Morgan fingerprint density at radius 2 is 1.90 bits per heavy atom. The molecule has 1 aliphatic carbocycles. The number of hydrogen-bond acceptors (Lipinski definition) is 5. The molecule has 0 radical (unpaired) electrons. The van der Waals surface area contributed by atoms with E-state index < -0.39 is 24.3 Å². The number of carbonyl (C=O) groups is 2. The molecule has 5 nitrogen and oxygen atoms in total. The zero-order valence-electron chi connectivity index (χ0n) is 17.1. The molecule has 0 atom stereocenters. The summed E-state index contributed by atoms with van der Waals surface area (Å²) >= 11 is 1.85. The van der Waals surface area contributed by atoms with E-state index in [0.29, 0.717) is 22.3 Å². The summed E-state index contributed by atoms with van der Waals surface area (Å²) in [4.78, 5) is 24.8. The van der Waals surface area contributed by atoms with Gasteiger partial charge in [0.1, 0.15) is 11.4 Å². The van der Waals surface area contributed by atoms with E-state index in [1.165, 1.54) is 50.3 Å². The number of benzene rings is 2. The van der Waals surface area contributed by atoms with Crippen LogP contribution in [0.4, 0.5) is 10.1 Å². The van der Waals surface area contributed by atoms with Crippen LogP contribution in [0.3, 0.4) is 0 Å². The molecule has 0 unspecified atom stereocenters. The molecule has 4 rings (SSSR count). The lowest BCUT2D eigenvalue weighted by Crippen LogP contribution is -2.21. The molecule has 1 amide bonds. The maximum Gasteiger partial charge on any atom is 0.375 e. The van der Waals surface area contributed by atoms with Crippen LogP contribution < -0.4 is 5.32 Å². The number of halogens is 1. The highest BCUT2D eigenvalue weighted by molar-refractivity contribution is 7.99. The van der Waals surface area contributed by atoms with Gasteiger partial charge in [-0.05, 0) is 37.1 Å². The fourth-order valence-corrected chi connectivity index (χ4v) is 5.16. The number of amides is 1. The maximum absolute atomic E-state index is 13.3. The van der Waals surface area contributed by atoms with Crippen LogP contribution in [0.1, 0.15) is 48.2 Å². The third kappa shape index (κ3) is 5.47. The lowest BCUT2D eigenvalue weighted by atomic mass is 10.0. The second kappa shape index (κ2) is 10.0. The van der Waals surface area contributed by atoms with Crippen LogP contribution in [0.5, 0.6) is 0 Å². The molecule has 1 saturated carbocycles. The number of hydrogen-bond donors (Lipinski definition) is 1. The van der Waals surface area contributed by atoms with Crippen molar-refractivity contribution >= 4 is 40.3 Å². The summed E-state index contributed by atoms with van der Waals surface area (Å²) in [5.41, 5.74) is 1.73. The minimum atomic E-state index is -0.676. The summed E-state index contributed by atoms with van der Waals surface area (Å²) in [6, 6.07) is 13.0. The van der Waals surface area contributed by atoms with E-state index in [2.05, 4.69) is 5.32 Å². The average molecular weight is 442 g/mol. The molecular weight excluding hydrogens is 417 g/mol. The number of ether oxygens (including phenoxy) is 1. The minimum Gasteiger partial charge on any atom is -0.450 e. The van der Waals surface area contributed by atoms with Gasteiger partial charge in [-0.3, -0.25) is 4.79 Å². The molecule has 0 spiro atoms. The van der Waals surface area contributed by atoms with Crippen molar-refractivity contribution in [3.8, 4) is 0 Å². The monoisotopic (exact) mass is 441 g/mol. The first-order valence-corrected chi connectivity index (χ1v) is 11.5. The first-order chi connectivity index (χ1) is 15.1. The Kier molecular flexibility index (Phi) is 6.92. The summed E-state index contributed by atoms with van der Waals surface area (Å²) in [5, 5.41) is 3.99. The second-order valence-electron chi connectivity index (χ2n) is 7.61. The quantitative estimate of drug-likeness (QED) is 0.460. The molecule has 1 N–H and O–H groups in total. The highest BCUT2D eigenvalue weighted by Crippen LogP contribution is 2.35. The first-order valence-electron chi connectivity index (χ1n) is 10.4. The summed E-state index contributed by atoms with van der Waals surface area (Å²) in [7, 11) is 0. The van der Waals surface area contributed by atoms with Crippen molar-refractivity contribution in [2.24, 2.45) is 0 Å². The molecule has 0 aliphatic heterocycles. The minimum absolute atomic E-state index is 0.142. The van der Waals surface area contributed by atoms with Crippen LogP contribution in [0, 0.1) is 5.82 Å². The van der Waals surface area contributed by atoms with Crippen molar-refractivity contribution in [3.63, 3.8) is 0 Å². The maximum atomic E-state index is 13.3. The van der Waals surface area contributed by atoms with Crippen LogP contribution in [-0.4, -0.2) is 23.7 Å². The van der Waals surface area contributed by atoms with Gasteiger partial charge in [0, 0.05) is 27.6 Å². The highest BCUT2D eigenvalue weighted by Gasteiger charge is 2.24. The average Bonchev–Trinajstić information content (AvgIpc) is 3.15. The summed E-state index contributed by atoms with van der Waals surface area (Å²) in [6.07, 6.45) is 6.18. The van der Waals surface area contributed by atoms with Gasteiger partial charge in [0.15, 0.2) is 6.61 Å². The Balaban J connectivity index is 1.43. The Morgan fingerprint density at radius 1 is 1.10 bits per heavy atom. The number of carbonyl (C=O) groups excluding carboxylic acids is 2. The molecule has 1 aliphatic rings. The van der Waals surface area contributed by atoms with E-state index >= 15 is 0 Å². The SMILES string of the molecule is O=C(COC(=O)c1oc2ccccc2c1CSC1CCCCC1)Nc1cccc(F)c1. The van der Waals surface area contributed by atoms with E-state index in [-0.39, 0.29) is 5.76 Å². The number of furan rings is 1. The number of rotatable bonds is 7. The van der Waals surface area contributed by atoms with E-state index in [0.717, 1.165) is 10.9 Å². The van der Waals surface area contributed by atoms with Gasteiger partial charge in [0.2, 0.25) is 5.76 Å². The number of esters is 1. The van der Waals surface area contributed by atoms with Gasteiger partial charge in [0.25, 0.3) is 5.91 Å².